The third kappa shape index (κ3) is 1.58. The fourth-order valence-electron chi connectivity index (χ4n) is 1.89. The van der Waals surface area contributed by atoms with Crippen LogP contribution in [0.1, 0.15) is 24.0 Å². The minimum atomic E-state index is 0.276. The number of benzene rings is 1. The Morgan fingerprint density at radius 3 is 2.64 bits per heavy atom. The molecule has 1 aromatic rings. The van der Waals surface area contributed by atoms with Crippen LogP contribution in [-0.2, 0) is 17.6 Å². The monoisotopic (exact) mass is 189 g/mol. The van der Waals surface area contributed by atoms with Crippen molar-refractivity contribution in [1.29, 1.82) is 0 Å². The lowest BCUT2D eigenvalue weighted by Crippen LogP contribution is -1.95. The summed E-state index contributed by atoms with van der Waals surface area (Å²) in [6.45, 7) is 0. The summed E-state index contributed by atoms with van der Waals surface area (Å²) in [5, 5.41) is 2.99. The van der Waals surface area contributed by atoms with Crippen molar-refractivity contribution in [3.05, 3.63) is 34.2 Å². The van der Waals surface area contributed by atoms with Crippen LogP contribution in [0.4, 0.5) is 5.69 Å². The molecule has 0 saturated heterocycles. The van der Waals surface area contributed by atoms with E-state index in [1.54, 1.807) is 6.07 Å². The standard InChI is InChI=1S/C11H11NO2/c13-9-5-4-8-2-1-3-11(12-14)10(8)7-6-9/h1-3H,4-7H2. The number of hydrogen-bond acceptors (Lipinski definition) is 3. The van der Waals surface area contributed by atoms with E-state index in [9.17, 15) is 9.70 Å². The zero-order valence-electron chi connectivity index (χ0n) is 7.82. The molecule has 14 heavy (non-hydrogen) atoms. The Labute approximate surface area is 82.1 Å². The maximum atomic E-state index is 11.2. The molecule has 2 rings (SSSR count). The Bertz CT molecular complexity index is 385. The van der Waals surface area contributed by atoms with Crippen LogP contribution in [0, 0.1) is 4.91 Å². The van der Waals surface area contributed by atoms with Crippen LogP contribution >= 0.6 is 0 Å². The highest BCUT2D eigenvalue weighted by atomic mass is 16.3. The van der Waals surface area contributed by atoms with E-state index < -0.39 is 0 Å². The van der Waals surface area contributed by atoms with Gasteiger partial charge in [0, 0.05) is 12.8 Å². The smallest absolute Gasteiger partial charge is 0.133 e. The van der Waals surface area contributed by atoms with Gasteiger partial charge in [0.2, 0.25) is 0 Å². The lowest BCUT2D eigenvalue weighted by Gasteiger charge is -2.05. The van der Waals surface area contributed by atoms with Crippen LogP contribution in [0.3, 0.4) is 0 Å². The molecular weight excluding hydrogens is 178 g/mol. The second-order valence-corrected chi connectivity index (χ2v) is 3.54. The number of nitrogens with zero attached hydrogens (tertiary/aromatic N) is 1. The molecule has 0 bridgehead atoms. The fraction of sp³-hybridized carbons (Fsp3) is 0.364. The molecule has 0 heterocycles. The van der Waals surface area contributed by atoms with Gasteiger partial charge in [0.15, 0.2) is 0 Å². The molecule has 3 nitrogen and oxygen atoms in total. The van der Waals surface area contributed by atoms with Gasteiger partial charge in [0.1, 0.15) is 11.5 Å². The van der Waals surface area contributed by atoms with Gasteiger partial charge in [-0.05, 0) is 35.2 Å². The summed E-state index contributed by atoms with van der Waals surface area (Å²) in [6, 6.07) is 5.51. The van der Waals surface area contributed by atoms with Gasteiger partial charge in [-0.25, -0.2) is 0 Å². The molecule has 0 saturated carbocycles. The number of rotatable bonds is 1. The lowest BCUT2D eigenvalue weighted by atomic mass is 10.0. The highest BCUT2D eigenvalue weighted by Gasteiger charge is 2.15. The number of carbonyl (C=O) groups excluding carboxylic acids is 1. The molecule has 0 spiro atoms. The summed E-state index contributed by atoms with van der Waals surface area (Å²) in [6.07, 6.45) is 2.54. The van der Waals surface area contributed by atoms with Crippen molar-refractivity contribution in [3.8, 4) is 0 Å². The molecule has 0 amide bonds. The van der Waals surface area contributed by atoms with Crippen LogP contribution in [0.2, 0.25) is 0 Å². The minimum absolute atomic E-state index is 0.276. The molecule has 72 valence electrons. The molecule has 0 fully saturated rings. The Morgan fingerprint density at radius 1 is 1.07 bits per heavy atom. The van der Waals surface area contributed by atoms with Gasteiger partial charge in [0.25, 0.3) is 0 Å². The first-order chi connectivity index (χ1) is 6.81. The molecule has 0 aliphatic heterocycles. The van der Waals surface area contributed by atoms with Gasteiger partial charge >= 0.3 is 0 Å². The number of aryl methyl sites for hydroxylation is 1. The molecule has 0 unspecified atom stereocenters. The maximum Gasteiger partial charge on any atom is 0.133 e. The average Bonchev–Trinajstić information content (AvgIpc) is 2.41. The molecule has 1 aliphatic carbocycles. The van der Waals surface area contributed by atoms with Crippen LogP contribution in [-0.4, -0.2) is 5.78 Å². The third-order valence-electron chi connectivity index (χ3n) is 2.67. The van der Waals surface area contributed by atoms with E-state index in [1.807, 2.05) is 12.1 Å². The Kier molecular flexibility index (Phi) is 2.39. The summed E-state index contributed by atoms with van der Waals surface area (Å²) in [5.41, 5.74) is 2.57. The maximum absolute atomic E-state index is 11.2. The van der Waals surface area contributed by atoms with Gasteiger partial charge in [-0.1, -0.05) is 12.1 Å². The second kappa shape index (κ2) is 3.70. The number of Topliss-reactive ketones (excluding diaryl/α,β-unsaturated/α-hetero) is 1. The molecule has 0 radical (unpaired) electrons. The summed E-state index contributed by atoms with van der Waals surface area (Å²) in [5.74, 6) is 0.276. The van der Waals surface area contributed by atoms with Crippen molar-refractivity contribution in [1.82, 2.24) is 0 Å². The minimum Gasteiger partial charge on any atom is -0.300 e. The number of ketones is 1. The van der Waals surface area contributed by atoms with Crippen LogP contribution in [0.25, 0.3) is 0 Å². The average molecular weight is 189 g/mol. The Morgan fingerprint density at radius 2 is 1.86 bits per heavy atom. The summed E-state index contributed by atoms with van der Waals surface area (Å²) in [7, 11) is 0. The topological polar surface area (TPSA) is 46.5 Å². The lowest BCUT2D eigenvalue weighted by molar-refractivity contribution is -0.118. The molecule has 3 heteroatoms. The molecule has 0 N–H and O–H groups in total. The largest absolute Gasteiger partial charge is 0.300 e. The fourth-order valence-corrected chi connectivity index (χ4v) is 1.89. The van der Waals surface area contributed by atoms with Crippen LogP contribution < -0.4 is 0 Å². The normalized spacial score (nSPS) is 15.9. The zero-order chi connectivity index (χ0) is 9.97. The number of carbonyl (C=O) groups is 1. The highest BCUT2D eigenvalue weighted by molar-refractivity contribution is 5.80. The van der Waals surface area contributed by atoms with Gasteiger partial charge < -0.3 is 0 Å². The number of nitroso groups, excluding NO2 is 1. The second-order valence-electron chi connectivity index (χ2n) is 3.54. The first-order valence-corrected chi connectivity index (χ1v) is 4.77. The first kappa shape index (κ1) is 9.06. The van der Waals surface area contributed by atoms with Crippen molar-refractivity contribution in [3.63, 3.8) is 0 Å². The van der Waals surface area contributed by atoms with E-state index in [1.165, 1.54) is 0 Å². The van der Waals surface area contributed by atoms with E-state index in [0.29, 0.717) is 24.9 Å². The summed E-state index contributed by atoms with van der Waals surface area (Å²) < 4.78 is 0. The predicted octanol–water partition coefficient (Wildman–Crippen LogP) is 2.53. The molecule has 0 aromatic heterocycles. The van der Waals surface area contributed by atoms with Gasteiger partial charge in [0.05, 0.1) is 0 Å². The number of fused-ring (bicyclic) bond motifs is 1. The highest BCUT2D eigenvalue weighted by Crippen LogP contribution is 2.27. The molecular formula is C11H11NO2. The zero-order valence-corrected chi connectivity index (χ0v) is 7.82. The van der Waals surface area contributed by atoms with Gasteiger partial charge in [-0.3, -0.25) is 4.79 Å². The van der Waals surface area contributed by atoms with E-state index in [2.05, 4.69) is 5.18 Å². The van der Waals surface area contributed by atoms with E-state index >= 15 is 0 Å². The van der Waals surface area contributed by atoms with Gasteiger partial charge in [-0.15, -0.1) is 4.91 Å². The van der Waals surface area contributed by atoms with Crippen molar-refractivity contribution in [2.45, 2.75) is 25.7 Å². The van der Waals surface area contributed by atoms with Crippen molar-refractivity contribution in [2.24, 2.45) is 5.18 Å². The molecule has 1 aliphatic rings. The Hall–Kier alpha value is -1.51. The SMILES string of the molecule is O=Nc1cccc2c1CCC(=O)CC2. The summed E-state index contributed by atoms with van der Waals surface area (Å²) in [4.78, 5) is 21.8. The predicted molar refractivity (Wildman–Crippen MR) is 53.5 cm³/mol. The summed E-state index contributed by atoms with van der Waals surface area (Å²) >= 11 is 0. The van der Waals surface area contributed by atoms with E-state index in [0.717, 1.165) is 17.5 Å². The first-order valence-electron chi connectivity index (χ1n) is 4.77. The number of hydrogen-bond donors (Lipinski definition) is 0. The van der Waals surface area contributed by atoms with E-state index in [-0.39, 0.29) is 5.78 Å². The van der Waals surface area contributed by atoms with Crippen LogP contribution in [0.15, 0.2) is 23.4 Å². The molecule has 0 atom stereocenters. The third-order valence-corrected chi connectivity index (χ3v) is 2.67. The van der Waals surface area contributed by atoms with Gasteiger partial charge in [-0.2, -0.15) is 0 Å². The Balaban J connectivity index is 2.44. The van der Waals surface area contributed by atoms with E-state index in [4.69, 9.17) is 0 Å². The molecule has 1 aromatic carbocycles. The quantitative estimate of drug-likeness (QED) is 0.503. The van der Waals surface area contributed by atoms with Crippen molar-refractivity contribution in [2.75, 3.05) is 0 Å². The van der Waals surface area contributed by atoms with Crippen molar-refractivity contribution >= 4 is 11.5 Å². The van der Waals surface area contributed by atoms with Crippen LogP contribution in [0.5, 0.6) is 0 Å². The van der Waals surface area contributed by atoms with Crippen molar-refractivity contribution < 1.29 is 4.79 Å².